The van der Waals surface area contributed by atoms with Gasteiger partial charge in [0, 0.05) is 5.56 Å². The molecule has 136 valence electrons. The largest absolute Gasteiger partial charge is 0.419 e. The number of hydrogen-bond donors (Lipinski definition) is 0. The van der Waals surface area contributed by atoms with E-state index in [9.17, 15) is 0 Å². The second-order valence-electron chi connectivity index (χ2n) is 6.21. The van der Waals surface area contributed by atoms with Gasteiger partial charge < -0.3 is 4.42 Å². The van der Waals surface area contributed by atoms with Gasteiger partial charge in [-0.15, -0.1) is 15.3 Å². The highest BCUT2D eigenvalue weighted by molar-refractivity contribution is 7.99. The van der Waals surface area contributed by atoms with Crippen molar-refractivity contribution in [2.75, 3.05) is 0 Å². The zero-order chi connectivity index (χ0) is 18.8. The number of rotatable bonds is 5. The Morgan fingerprint density at radius 1 is 0.963 bits per heavy atom. The molecule has 4 rings (SSSR count). The third kappa shape index (κ3) is 3.61. The average molecular weight is 378 g/mol. The van der Waals surface area contributed by atoms with Gasteiger partial charge in [-0.05, 0) is 66.6 Å². The highest BCUT2D eigenvalue weighted by Gasteiger charge is 2.20. The van der Waals surface area contributed by atoms with E-state index in [1.54, 1.807) is 4.68 Å². The van der Waals surface area contributed by atoms with E-state index in [0.29, 0.717) is 16.9 Å². The monoisotopic (exact) mass is 378 g/mol. The lowest BCUT2D eigenvalue weighted by molar-refractivity contribution is 0.509. The van der Waals surface area contributed by atoms with Gasteiger partial charge in [0.1, 0.15) is 0 Å². The predicted molar refractivity (Wildman–Crippen MR) is 103 cm³/mol. The van der Waals surface area contributed by atoms with E-state index in [2.05, 4.69) is 51.7 Å². The van der Waals surface area contributed by atoms with Gasteiger partial charge in [0.2, 0.25) is 16.9 Å². The van der Waals surface area contributed by atoms with Gasteiger partial charge >= 0.3 is 0 Å². The number of thioether (sulfide) groups is 1. The summed E-state index contributed by atoms with van der Waals surface area (Å²) in [6.45, 7) is 6.14. The summed E-state index contributed by atoms with van der Waals surface area (Å²) in [7, 11) is 0. The summed E-state index contributed by atoms with van der Waals surface area (Å²) in [5.41, 5.74) is 4.24. The summed E-state index contributed by atoms with van der Waals surface area (Å²) in [6.07, 6.45) is 0. The molecule has 0 radical (unpaired) electrons. The van der Waals surface area contributed by atoms with E-state index in [4.69, 9.17) is 4.42 Å². The Hall–Kier alpha value is -3.00. The van der Waals surface area contributed by atoms with Crippen LogP contribution in [0.25, 0.3) is 17.1 Å². The van der Waals surface area contributed by atoms with Crippen LogP contribution < -0.4 is 0 Å². The van der Waals surface area contributed by atoms with Crippen LogP contribution in [0, 0.1) is 13.8 Å². The average Bonchev–Trinajstić information content (AvgIpc) is 3.34. The summed E-state index contributed by atoms with van der Waals surface area (Å²) in [5, 5.41) is 21.0. The van der Waals surface area contributed by atoms with Gasteiger partial charge in [0.25, 0.3) is 0 Å². The van der Waals surface area contributed by atoms with Gasteiger partial charge in [-0.25, -0.2) is 0 Å². The second kappa shape index (κ2) is 7.32. The number of benzene rings is 2. The summed E-state index contributed by atoms with van der Waals surface area (Å²) >= 11 is 1.47. The molecule has 0 saturated carbocycles. The lowest BCUT2D eigenvalue weighted by Crippen LogP contribution is -2.01. The van der Waals surface area contributed by atoms with Crippen LogP contribution in [0.5, 0.6) is 0 Å². The molecule has 0 fully saturated rings. The number of hydrogen-bond acceptors (Lipinski definition) is 7. The van der Waals surface area contributed by atoms with E-state index in [0.717, 1.165) is 11.3 Å². The van der Waals surface area contributed by atoms with Gasteiger partial charge in [-0.2, -0.15) is 4.68 Å². The third-order valence-electron chi connectivity index (χ3n) is 4.27. The number of tetrazole rings is 1. The molecule has 0 bridgehead atoms. The van der Waals surface area contributed by atoms with Crippen LogP contribution in [0.3, 0.4) is 0 Å². The fourth-order valence-electron chi connectivity index (χ4n) is 2.58. The van der Waals surface area contributed by atoms with Crippen LogP contribution >= 0.6 is 11.8 Å². The fourth-order valence-corrected chi connectivity index (χ4v) is 3.41. The highest BCUT2D eigenvalue weighted by Crippen LogP contribution is 2.34. The smallest absolute Gasteiger partial charge is 0.247 e. The quantitative estimate of drug-likeness (QED) is 0.482. The summed E-state index contributed by atoms with van der Waals surface area (Å²) in [6, 6.07) is 15.9. The van der Waals surface area contributed by atoms with E-state index in [1.807, 2.05) is 43.3 Å². The van der Waals surface area contributed by atoms with E-state index in [1.165, 1.54) is 22.9 Å². The van der Waals surface area contributed by atoms with E-state index >= 15 is 0 Å². The topological polar surface area (TPSA) is 82.5 Å². The maximum absolute atomic E-state index is 5.84. The molecule has 2 aromatic heterocycles. The molecule has 1 atom stereocenters. The molecule has 8 heteroatoms. The van der Waals surface area contributed by atoms with Crippen LogP contribution in [-0.2, 0) is 0 Å². The number of aromatic nitrogens is 6. The summed E-state index contributed by atoms with van der Waals surface area (Å²) in [4.78, 5) is 0. The number of aryl methyl sites for hydroxylation is 2. The van der Waals surface area contributed by atoms with Crippen molar-refractivity contribution >= 4 is 11.8 Å². The standard InChI is InChI=1S/C19H18N6OS/c1-12-9-10-16(11-13(12)2)25-19(22-23-24-25)27-14(3)17-20-21-18(26-17)15-7-5-4-6-8-15/h4-11,14H,1-3H3/t14-/m0/s1. The van der Waals surface area contributed by atoms with Gasteiger partial charge in [0.15, 0.2) is 0 Å². The molecule has 0 N–H and O–H groups in total. The summed E-state index contributed by atoms with van der Waals surface area (Å²) < 4.78 is 7.56. The van der Waals surface area contributed by atoms with Crippen molar-refractivity contribution in [1.29, 1.82) is 0 Å². The number of nitrogens with zero attached hydrogens (tertiary/aromatic N) is 6. The predicted octanol–water partition coefficient (Wildman–Crippen LogP) is 4.18. The molecular weight excluding hydrogens is 360 g/mol. The zero-order valence-corrected chi connectivity index (χ0v) is 16.0. The Labute approximate surface area is 160 Å². The normalized spacial score (nSPS) is 12.3. The minimum Gasteiger partial charge on any atom is -0.419 e. The molecule has 27 heavy (non-hydrogen) atoms. The van der Waals surface area contributed by atoms with Crippen LogP contribution in [0.4, 0.5) is 0 Å². The molecular formula is C19H18N6OS. The van der Waals surface area contributed by atoms with Gasteiger partial charge in [-0.1, -0.05) is 36.0 Å². The summed E-state index contributed by atoms with van der Waals surface area (Å²) in [5.74, 6) is 1.04. The van der Waals surface area contributed by atoms with Gasteiger partial charge in [-0.3, -0.25) is 0 Å². The van der Waals surface area contributed by atoms with Crippen molar-refractivity contribution < 1.29 is 4.42 Å². The highest BCUT2D eigenvalue weighted by atomic mass is 32.2. The first-order valence-electron chi connectivity index (χ1n) is 8.53. The first-order chi connectivity index (χ1) is 13.1. The Kier molecular flexibility index (Phi) is 4.72. The third-order valence-corrected chi connectivity index (χ3v) is 5.29. The maximum atomic E-state index is 5.84. The SMILES string of the molecule is Cc1ccc(-n2nnnc2S[C@@H](C)c2nnc(-c3ccccc3)o2)cc1C. The molecule has 2 aromatic carbocycles. The fraction of sp³-hybridized carbons (Fsp3) is 0.211. The maximum Gasteiger partial charge on any atom is 0.247 e. The van der Waals surface area contributed by atoms with Crippen molar-refractivity contribution in [2.24, 2.45) is 0 Å². The van der Waals surface area contributed by atoms with E-state index < -0.39 is 0 Å². The lowest BCUT2D eigenvalue weighted by Gasteiger charge is -2.08. The lowest BCUT2D eigenvalue weighted by atomic mass is 10.1. The first-order valence-corrected chi connectivity index (χ1v) is 9.41. The molecule has 0 amide bonds. The molecule has 0 aliphatic rings. The van der Waals surface area contributed by atoms with Crippen molar-refractivity contribution in [3.05, 3.63) is 65.5 Å². The minimum atomic E-state index is -0.0914. The van der Waals surface area contributed by atoms with Crippen LogP contribution in [0.2, 0.25) is 0 Å². The van der Waals surface area contributed by atoms with Crippen molar-refractivity contribution in [3.8, 4) is 17.1 Å². The van der Waals surface area contributed by atoms with E-state index in [-0.39, 0.29) is 5.25 Å². The van der Waals surface area contributed by atoms with Crippen molar-refractivity contribution in [1.82, 2.24) is 30.4 Å². The minimum absolute atomic E-state index is 0.0914. The molecule has 7 nitrogen and oxygen atoms in total. The van der Waals surface area contributed by atoms with Crippen LogP contribution in [-0.4, -0.2) is 30.4 Å². The molecule has 0 saturated heterocycles. The Balaban J connectivity index is 1.56. The molecule has 2 heterocycles. The molecule has 4 aromatic rings. The second-order valence-corrected chi connectivity index (χ2v) is 7.52. The Morgan fingerprint density at radius 2 is 1.78 bits per heavy atom. The van der Waals surface area contributed by atoms with Gasteiger partial charge in [0.05, 0.1) is 10.9 Å². The molecule has 0 spiro atoms. The Morgan fingerprint density at radius 3 is 2.56 bits per heavy atom. The van der Waals surface area contributed by atoms with Crippen LogP contribution in [0.15, 0.2) is 58.1 Å². The van der Waals surface area contributed by atoms with Crippen molar-refractivity contribution in [2.45, 2.75) is 31.2 Å². The van der Waals surface area contributed by atoms with Crippen LogP contribution in [0.1, 0.15) is 29.2 Å². The Bertz CT molecular complexity index is 1060. The molecule has 0 unspecified atom stereocenters. The first kappa shape index (κ1) is 17.4. The zero-order valence-electron chi connectivity index (χ0n) is 15.2. The molecule has 0 aliphatic carbocycles. The van der Waals surface area contributed by atoms with Crippen molar-refractivity contribution in [3.63, 3.8) is 0 Å². The molecule has 0 aliphatic heterocycles.